The van der Waals surface area contributed by atoms with Crippen LogP contribution in [0.3, 0.4) is 0 Å². The summed E-state index contributed by atoms with van der Waals surface area (Å²) in [5.41, 5.74) is 4.29. The van der Waals surface area contributed by atoms with Gasteiger partial charge in [0.1, 0.15) is 0 Å². The third-order valence-electron chi connectivity index (χ3n) is 7.29. The quantitative estimate of drug-likeness (QED) is 0.811. The predicted octanol–water partition coefficient (Wildman–Crippen LogP) is 4.41. The number of rotatable bonds is 2. The zero-order valence-electron chi connectivity index (χ0n) is 15.1. The van der Waals surface area contributed by atoms with Crippen LogP contribution in [-0.4, -0.2) is 29.9 Å². The molecular formula is C22H28N2O. The number of fused-ring (bicyclic) bond motifs is 3. The van der Waals surface area contributed by atoms with E-state index in [1.54, 1.807) is 0 Å². The number of benzene rings is 1. The molecule has 2 saturated carbocycles. The molecule has 0 radical (unpaired) electrons. The Labute approximate surface area is 150 Å². The van der Waals surface area contributed by atoms with Crippen LogP contribution in [0.25, 0.3) is 5.57 Å². The fourth-order valence-electron chi connectivity index (χ4n) is 5.98. The van der Waals surface area contributed by atoms with Crippen LogP contribution in [0, 0.1) is 11.8 Å². The molecule has 1 aromatic carbocycles. The Hall–Kier alpha value is -1.61. The smallest absolute Gasteiger partial charge is 0.256 e. The van der Waals surface area contributed by atoms with Crippen molar-refractivity contribution in [2.75, 3.05) is 18.4 Å². The van der Waals surface area contributed by atoms with Gasteiger partial charge < -0.3 is 10.2 Å². The Morgan fingerprint density at radius 1 is 1.12 bits per heavy atom. The van der Waals surface area contributed by atoms with E-state index < -0.39 is 0 Å². The van der Waals surface area contributed by atoms with E-state index in [-0.39, 0.29) is 5.91 Å². The molecule has 2 aliphatic carbocycles. The number of carbonyl (C=O) groups excluding carboxylic acids is 1. The van der Waals surface area contributed by atoms with Crippen molar-refractivity contribution in [1.29, 1.82) is 0 Å². The average Bonchev–Trinajstić information content (AvgIpc) is 3.34. The average molecular weight is 336 g/mol. The van der Waals surface area contributed by atoms with Crippen LogP contribution in [0.1, 0.15) is 62.5 Å². The van der Waals surface area contributed by atoms with E-state index in [2.05, 4.69) is 28.4 Å². The van der Waals surface area contributed by atoms with Gasteiger partial charge in [0, 0.05) is 22.9 Å². The van der Waals surface area contributed by atoms with Crippen molar-refractivity contribution >= 4 is 17.2 Å². The fourth-order valence-corrected chi connectivity index (χ4v) is 5.98. The molecule has 2 heterocycles. The zero-order valence-corrected chi connectivity index (χ0v) is 15.1. The first-order valence-corrected chi connectivity index (χ1v) is 10.1. The van der Waals surface area contributed by atoms with E-state index >= 15 is 0 Å². The van der Waals surface area contributed by atoms with E-state index in [4.69, 9.17) is 0 Å². The number of nitrogens with zero attached hydrogens (tertiary/aromatic N) is 1. The summed E-state index contributed by atoms with van der Waals surface area (Å²) >= 11 is 0. The van der Waals surface area contributed by atoms with Gasteiger partial charge in [0.25, 0.3) is 5.91 Å². The summed E-state index contributed by atoms with van der Waals surface area (Å²) in [7, 11) is 0. The first-order chi connectivity index (χ1) is 12.2. The number of carbonyl (C=O) groups is 1. The van der Waals surface area contributed by atoms with Crippen LogP contribution < -0.4 is 5.32 Å². The van der Waals surface area contributed by atoms with Crippen molar-refractivity contribution in [2.45, 2.75) is 57.4 Å². The second kappa shape index (κ2) is 5.98. The number of hydrogen-bond acceptors (Lipinski definition) is 2. The second-order valence-electron chi connectivity index (χ2n) is 8.51. The van der Waals surface area contributed by atoms with Crippen molar-refractivity contribution < 1.29 is 4.79 Å². The van der Waals surface area contributed by atoms with Crippen LogP contribution in [0.5, 0.6) is 0 Å². The summed E-state index contributed by atoms with van der Waals surface area (Å²) in [5, 5.41) is 3.03. The summed E-state index contributed by atoms with van der Waals surface area (Å²) in [6.45, 7) is 4.44. The van der Waals surface area contributed by atoms with Crippen molar-refractivity contribution in [1.82, 2.24) is 4.90 Å². The van der Waals surface area contributed by atoms with E-state index in [0.29, 0.717) is 5.92 Å². The summed E-state index contributed by atoms with van der Waals surface area (Å²) in [4.78, 5) is 14.8. The molecule has 3 fully saturated rings. The van der Waals surface area contributed by atoms with Gasteiger partial charge >= 0.3 is 0 Å². The van der Waals surface area contributed by atoms with Crippen LogP contribution in [-0.2, 0) is 4.79 Å². The van der Waals surface area contributed by atoms with Crippen LogP contribution >= 0.6 is 0 Å². The fraction of sp³-hybridized carbons (Fsp3) is 0.591. The standard InChI is InChI=1S/C22H28N2O/c1-2-18-19-6-5-16(13-20(19)23-22(18)25)15-7-9-24(10-8-15)21-12-14-3-4-17(21)11-14/h2,5-6,13-15,17,21H,3-4,7-12H2,1H3,(H,23,25). The lowest BCUT2D eigenvalue weighted by atomic mass is 9.86. The summed E-state index contributed by atoms with van der Waals surface area (Å²) in [6, 6.07) is 7.50. The summed E-state index contributed by atoms with van der Waals surface area (Å²) < 4.78 is 0. The molecule has 132 valence electrons. The third kappa shape index (κ3) is 2.55. The molecule has 2 bridgehead atoms. The number of anilines is 1. The highest BCUT2D eigenvalue weighted by Gasteiger charge is 2.42. The first kappa shape index (κ1) is 15.6. The van der Waals surface area contributed by atoms with Crippen LogP contribution in [0.4, 0.5) is 5.69 Å². The van der Waals surface area contributed by atoms with E-state index in [0.717, 1.165) is 34.7 Å². The van der Waals surface area contributed by atoms with Crippen LogP contribution in [0.15, 0.2) is 24.3 Å². The zero-order chi connectivity index (χ0) is 17.0. The molecule has 4 aliphatic rings. The lowest BCUT2D eigenvalue weighted by Crippen LogP contribution is -2.43. The number of piperidine rings is 1. The Bertz CT molecular complexity index is 730. The SMILES string of the molecule is CC=C1C(=O)Nc2cc(C3CCN(C4CC5CCC4C5)CC3)ccc21. The molecule has 3 atom stereocenters. The number of allylic oxidation sites excluding steroid dienone is 1. The van der Waals surface area contributed by atoms with Gasteiger partial charge in [0.15, 0.2) is 0 Å². The van der Waals surface area contributed by atoms with Crippen molar-refractivity contribution in [3.8, 4) is 0 Å². The molecule has 1 aromatic rings. The lowest BCUT2D eigenvalue weighted by Gasteiger charge is -2.39. The van der Waals surface area contributed by atoms with E-state index in [1.807, 2.05) is 13.0 Å². The van der Waals surface area contributed by atoms with Gasteiger partial charge in [0.05, 0.1) is 0 Å². The topological polar surface area (TPSA) is 32.3 Å². The van der Waals surface area contributed by atoms with Gasteiger partial charge in [-0.1, -0.05) is 24.6 Å². The molecule has 0 spiro atoms. The van der Waals surface area contributed by atoms with E-state index in [1.165, 1.54) is 57.2 Å². The molecule has 1 N–H and O–H groups in total. The summed E-state index contributed by atoms with van der Waals surface area (Å²) in [6.07, 6.45) is 10.4. The molecule has 3 heteroatoms. The second-order valence-corrected chi connectivity index (χ2v) is 8.51. The van der Waals surface area contributed by atoms with Gasteiger partial charge in [-0.25, -0.2) is 0 Å². The van der Waals surface area contributed by atoms with Gasteiger partial charge in [-0.3, -0.25) is 4.79 Å². The molecule has 1 amide bonds. The van der Waals surface area contributed by atoms with Crippen molar-refractivity contribution in [3.63, 3.8) is 0 Å². The highest BCUT2D eigenvalue weighted by Crippen LogP contribution is 2.47. The number of amides is 1. The molecule has 3 unspecified atom stereocenters. The first-order valence-electron chi connectivity index (χ1n) is 10.1. The van der Waals surface area contributed by atoms with E-state index in [9.17, 15) is 4.79 Å². The molecule has 3 nitrogen and oxygen atoms in total. The largest absolute Gasteiger partial charge is 0.321 e. The number of hydrogen-bond donors (Lipinski definition) is 1. The van der Waals surface area contributed by atoms with Gasteiger partial charge in [-0.15, -0.1) is 0 Å². The Morgan fingerprint density at radius 2 is 1.96 bits per heavy atom. The number of nitrogens with one attached hydrogen (secondary N) is 1. The maximum atomic E-state index is 12.0. The molecule has 1 saturated heterocycles. The molecule has 2 aliphatic heterocycles. The lowest BCUT2D eigenvalue weighted by molar-refractivity contribution is -0.110. The molecule has 25 heavy (non-hydrogen) atoms. The van der Waals surface area contributed by atoms with Gasteiger partial charge in [0.2, 0.25) is 0 Å². The van der Waals surface area contributed by atoms with Gasteiger partial charge in [-0.2, -0.15) is 0 Å². The predicted molar refractivity (Wildman–Crippen MR) is 102 cm³/mol. The third-order valence-corrected chi connectivity index (χ3v) is 7.29. The summed E-state index contributed by atoms with van der Waals surface area (Å²) in [5.74, 6) is 2.72. The van der Waals surface area contributed by atoms with Gasteiger partial charge in [-0.05, 0) is 81.5 Å². The monoisotopic (exact) mass is 336 g/mol. The molecular weight excluding hydrogens is 308 g/mol. The Kier molecular flexibility index (Phi) is 3.74. The maximum Gasteiger partial charge on any atom is 0.256 e. The van der Waals surface area contributed by atoms with Crippen LogP contribution in [0.2, 0.25) is 0 Å². The van der Waals surface area contributed by atoms with Crippen molar-refractivity contribution in [2.24, 2.45) is 11.8 Å². The number of likely N-dealkylation sites (tertiary alicyclic amines) is 1. The molecule has 0 aromatic heterocycles. The normalized spacial score (nSPS) is 33.9. The minimum absolute atomic E-state index is 0.0424. The minimum Gasteiger partial charge on any atom is -0.321 e. The Morgan fingerprint density at radius 3 is 2.64 bits per heavy atom. The van der Waals surface area contributed by atoms with Crippen molar-refractivity contribution in [3.05, 3.63) is 35.4 Å². The Balaban J connectivity index is 1.27. The maximum absolute atomic E-state index is 12.0. The highest BCUT2D eigenvalue weighted by atomic mass is 16.2. The highest BCUT2D eigenvalue weighted by molar-refractivity contribution is 6.31. The minimum atomic E-state index is 0.0424. The molecule has 5 rings (SSSR count).